The number of para-hydroxylation sites is 2. The fourth-order valence-electron chi connectivity index (χ4n) is 2.77. The predicted molar refractivity (Wildman–Crippen MR) is 96.2 cm³/mol. The van der Waals surface area contributed by atoms with E-state index in [1.54, 1.807) is 0 Å². The Balaban J connectivity index is 1.64. The highest BCUT2D eigenvalue weighted by Crippen LogP contribution is 2.14. The molecular weight excluding hydrogens is 322 g/mol. The van der Waals surface area contributed by atoms with E-state index >= 15 is 0 Å². The van der Waals surface area contributed by atoms with Crippen LogP contribution in [0.25, 0.3) is 11.0 Å². The van der Waals surface area contributed by atoms with Gasteiger partial charge in [0.2, 0.25) is 10.0 Å². The van der Waals surface area contributed by atoms with Crippen LogP contribution in [0.2, 0.25) is 0 Å². The molecule has 6 heteroatoms. The van der Waals surface area contributed by atoms with Gasteiger partial charge in [-0.25, -0.2) is 18.1 Å². The number of nitrogens with one attached hydrogen (secondary N) is 1. The number of rotatable bonds is 6. The van der Waals surface area contributed by atoms with Gasteiger partial charge in [-0.3, -0.25) is 0 Å². The third kappa shape index (κ3) is 3.66. The van der Waals surface area contributed by atoms with Crippen LogP contribution >= 0.6 is 0 Å². The van der Waals surface area contributed by atoms with Crippen molar-refractivity contribution in [3.8, 4) is 0 Å². The maximum Gasteiger partial charge on any atom is 0.215 e. The van der Waals surface area contributed by atoms with Gasteiger partial charge in [0.15, 0.2) is 0 Å². The normalized spacial score (nSPS) is 11.9. The standard InChI is InChI=1S/C18H21N3O2S/c1-14-7-3-4-8-15(14)13-24(22,23)19-12-11-18-20-16-9-5-6-10-17(16)21(18)2/h3-10,19H,11-13H2,1-2H3. The Labute approximate surface area is 142 Å². The molecule has 0 amide bonds. The lowest BCUT2D eigenvalue weighted by molar-refractivity contribution is 0.579. The van der Waals surface area contributed by atoms with Crippen molar-refractivity contribution in [2.45, 2.75) is 19.1 Å². The van der Waals surface area contributed by atoms with E-state index in [1.165, 1.54) is 0 Å². The minimum atomic E-state index is -3.36. The molecule has 126 valence electrons. The minimum absolute atomic E-state index is 0.00220. The summed E-state index contributed by atoms with van der Waals surface area (Å²) in [5, 5.41) is 0. The fraction of sp³-hybridized carbons (Fsp3) is 0.278. The largest absolute Gasteiger partial charge is 0.331 e. The van der Waals surface area contributed by atoms with E-state index in [-0.39, 0.29) is 5.75 Å². The van der Waals surface area contributed by atoms with Gasteiger partial charge in [0.1, 0.15) is 5.82 Å². The van der Waals surface area contributed by atoms with Crippen LogP contribution in [0.3, 0.4) is 0 Å². The van der Waals surface area contributed by atoms with Crippen molar-refractivity contribution in [1.82, 2.24) is 14.3 Å². The van der Waals surface area contributed by atoms with Gasteiger partial charge in [0.05, 0.1) is 16.8 Å². The van der Waals surface area contributed by atoms with Crippen LogP contribution in [0.4, 0.5) is 0 Å². The molecule has 0 saturated carbocycles. The van der Waals surface area contributed by atoms with Crippen LogP contribution in [0.15, 0.2) is 48.5 Å². The smallest absolute Gasteiger partial charge is 0.215 e. The van der Waals surface area contributed by atoms with E-state index in [0.717, 1.165) is 28.0 Å². The number of sulfonamides is 1. The van der Waals surface area contributed by atoms with Crippen molar-refractivity contribution < 1.29 is 8.42 Å². The number of imidazole rings is 1. The molecule has 0 bridgehead atoms. The molecule has 0 unspecified atom stereocenters. The first-order valence-electron chi connectivity index (χ1n) is 7.88. The highest BCUT2D eigenvalue weighted by atomic mass is 32.2. The number of hydrogen-bond donors (Lipinski definition) is 1. The maximum atomic E-state index is 12.3. The number of hydrogen-bond acceptors (Lipinski definition) is 3. The van der Waals surface area contributed by atoms with Crippen molar-refractivity contribution in [3.05, 3.63) is 65.5 Å². The highest BCUT2D eigenvalue weighted by Gasteiger charge is 2.13. The first-order chi connectivity index (χ1) is 11.5. The molecule has 0 fully saturated rings. The molecule has 1 aromatic heterocycles. The molecule has 0 aliphatic rings. The van der Waals surface area contributed by atoms with Crippen LogP contribution in [0.5, 0.6) is 0 Å². The summed E-state index contributed by atoms with van der Waals surface area (Å²) >= 11 is 0. The predicted octanol–water partition coefficient (Wildman–Crippen LogP) is 2.54. The Morgan fingerprint density at radius 2 is 1.79 bits per heavy atom. The Hall–Kier alpha value is -2.18. The molecule has 0 radical (unpaired) electrons. The Kier molecular flexibility index (Phi) is 4.69. The van der Waals surface area contributed by atoms with E-state index in [9.17, 15) is 8.42 Å². The van der Waals surface area contributed by atoms with Crippen LogP contribution in [-0.4, -0.2) is 24.5 Å². The number of nitrogens with zero attached hydrogens (tertiary/aromatic N) is 2. The summed E-state index contributed by atoms with van der Waals surface area (Å²) in [6, 6.07) is 15.4. The molecule has 3 rings (SSSR count). The third-order valence-electron chi connectivity index (χ3n) is 4.16. The number of fused-ring (bicyclic) bond motifs is 1. The minimum Gasteiger partial charge on any atom is -0.331 e. The van der Waals surface area contributed by atoms with Crippen LogP contribution < -0.4 is 4.72 Å². The van der Waals surface area contributed by atoms with Gasteiger partial charge < -0.3 is 4.57 Å². The molecule has 2 aromatic carbocycles. The van der Waals surface area contributed by atoms with E-state index in [1.807, 2.05) is 67.1 Å². The summed E-state index contributed by atoms with van der Waals surface area (Å²) in [6.07, 6.45) is 0.554. The molecule has 0 aliphatic carbocycles. The highest BCUT2D eigenvalue weighted by molar-refractivity contribution is 7.88. The third-order valence-corrected chi connectivity index (χ3v) is 5.49. The van der Waals surface area contributed by atoms with Gasteiger partial charge in [-0.15, -0.1) is 0 Å². The fourth-order valence-corrected chi connectivity index (χ4v) is 4.01. The van der Waals surface area contributed by atoms with E-state index < -0.39 is 10.0 Å². The number of aryl methyl sites for hydroxylation is 2. The average molecular weight is 343 g/mol. The number of benzene rings is 2. The zero-order valence-corrected chi connectivity index (χ0v) is 14.7. The molecule has 5 nitrogen and oxygen atoms in total. The topological polar surface area (TPSA) is 64.0 Å². The quantitative estimate of drug-likeness (QED) is 0.748. The van der Waals surface area contributed by atoms with Crippen LogP contribution in [-0.2, 0) is 29.2 Å². The molecule has 0 aliphatic heterocycles. The lowest BCUT2D eigenvalue weighted by atomic mass is 10.1. The zero-order chi connectivity index (χ0) is 17.2. The molecule has 3 aromatic rings. The summed E-state index contributed by atoms with van der Waals surface area (Å²) in [6.45, 7) is 2.26. The van der Waals surface area contributed by atoms with Crippen molar-refractivity contribution in [2.24, 2.45) is 7.05 Å². The summed E-state index contributed by atoms with van der Waals surface area (Å²) in [7, 11) is -1.41. The number of aromatic nitrogens is 2. The van der Waals surface area contributed by atoms with Crippen LogP contribution in [0, 0.1) is 6.92 Å². The van der Waals surface area contributed by atoms with Gasteiger partial charge in [0.25, 0.3) is 0 Å². The van der Waals surface area contributed by atoms with Crippen molar-refractivity contribution >= 4 is 21.1 Å². The average Bonchev–Trinajstić information content (AvgIpc) is 2.86. The zero-order valence-electron chi connectivity index (χ0n) is 13.9. The SMILES string of the molecule is Cc1ccccc1CS(=O)(=O)NCCc1nc2ccccc2n1C. The Morgan fingerprint density at radius 1 is 1.08 bits per heavy atom. The van der Waals surface area contributed by atoms with Crippen molar-refractivity contribution in [3.63, 3.8) is 0 Å². The Morgan fingerprint density at radius 3 is 2.54 bits per heavy atom. The first kappa shape index (κ1) is 16.7. The monoisotopic (exact) mass is 343 g/mol. The summed E-state index contributed by atoms with van der Waals surface area (Å²) in [4.78, 5) is 4.56. The first-order valence-corrected chi connectivity index (χ1v) is 9.54. The van der Waals surface area contributed by atoms with Gasteiger partial charge in [-0.1, -0.05) is 36.4 Å². The second kappa shape index (κ2) is 6.75. The van der Waals surface area contributed by atoms with Crippen molar-refractivity contribution in [1.29, 1.82) is 0 Å². The van der Waals surface area contributed by atoms with Gasteiger partial charge in [0, 0.05) is 20.0 Å². The lowest BCUT2D eigenvalue weighted by Crippen LogP contribution is -2.28. The van der Waals surface area contributed by atoms with Gasteiger partial charge >= 0.3 is 0 Å². The van der Waals surface area contributed by atoms with E-state index in [2.05, 4.69) is 9.71 Å². The van der Waals surface area contributed by atoms with E-state index in [4.69, 9.17) is 0 Å². The van der Waals surface area contributed by atoms with Gasteiger partial charge in [-0.05, 0) is 30.2 Å². The summed E-state index contributed by atoms with van der Waals surface area (Å²) in [5.41, 5.74) is 3.79. The second-order valence-electron chi connectivity index (χ2n) is 5.91. The molecule has 0 atom stereocenters. The summed E-state index contributed by atoms with van der Waals surface area (Å²) in [5.74, 6) is 0.872. The molecule has 0 spiro atoms. The molecule has 24 heavy (non-hydrogen) atoms. The van der Waals surface area contributed by atoms with Crippen molar-refractivity contribution in [2.75, 3.05) is 6.54 Å². The van der Waals surface area contributed by atoms with E-state index in [0.29, 0.717) is 13.0 Å². The van der Waals surface area contributed by atoms with Crippen LogP contribution in [0.1, 0.15) is 17.0 Å². The summed E-state index contributed by atoms with van der Waals surface area (Å²) < 4.78 is 29.2. The molecule has 1 N–H and O–H groups in total. The maximum absolute atomic E-state index is 12.3. The Bertz CT molecular complexity index is 961. The molecule has 0 saturated heterocycles. The molecular formula is C18H21N3O2S. The van der Waals surface area contributed by atoms with Gasteiger partial charge in [-0.2, -0.15) is 0 Å². The molecule has 1 heterocycles. The second-order valence-corrected chi connectivity index (χ2v) is 7.71. The lowest BCUT2D eigenvalue weighted by Gasteiger charge is -2.09.